The summed E-state index contributed by atoms with van der Waals surface area (Å²) in [5.41, 5.74) is 5.67. The first-order valence-corrected chi connectivity index (χ1v) is 7.94. The number of phenols is 1. The first kappa shape index (κ1) is 18.1. The molecule has 0 aliphatic heterocycles. The third kappa shape index (κ3) is 3.76. The number of nitrogens with zero attached hydrogens (tertiary/aromatic N) is 3. The van der Waals surface area contributed by atoms with Crippen molar-refractivity contribution >= 4 is 11.9 Å². The molecule has 0 atom stereocenters. The average Bonchev–Trinajstić information content (AvgIpc) is 3.01. The fraction of sp³-hybridized carbons (Fsp3) is 0.167. The van der Waals surface area contributed by atoms with Gasteiger partial charge in [0, 0.05) is 17.6 Å². The first-order valence-electron chi connectivity index (χ1n) is 7.94. The summed E-state index contributed by atoms with van der Waals surface area (Å²) in [5.74, 6) is 0.969. The first-order chi connectivity index (χ1) is 13.0. The standard InChI is InChI=1S/C18H18N4O5/c1-11-18(21-27-22(11)24)13-5-7-16(25-2)14(9-13)20-19-10-12-4-6-15(23)17(8-12)26-3/h4-10,20,23H,1-3H3/b19-10+. The van der Waals surface area contributed by atoms with E-state index in [9.17, 15) is 10.3 Å². The minimum Gasteiger partial charge on any atom is -0.504 e. The molecule has 0 spiro atoms. The molecule has 27 heavy (non-hydrogen) atoms. The van der Waals surface area contributed by atoms with Gasteiger partial charge in [-0.25, -0.2) is 0 Å². The third-order valence-corrected chi connectivity index (χ3v) is 3.90. The van der Waals surface area contributed by atoms with Crippen LogP contribution in [-0.4, -0.2) is 30.7 Å². The van der Waals surface area contributed by atoms with Crippen LogP contribution in [0.1, 0.15) is 11.3 Å². The van der Waals surface area contributed by atoms with E-state index in [2.05, 4.69) is 20.3 Å². The lowest BCUT2D eigenvalue weighted by Crippen LogP contribution is -2.25. The van der Waals surface area contributed by atoms with Crippen LogP contribution in [0.2, 0.25) is 0 Å². The Kier molecular flexibility index (Phi) is 5.11. The SMILES string of the molecule is COc1cc(/C=N/Nc2cc(-c3no[n+]([O-])c3C)ccc2OC)ccc1O. The summed E-state index contributed by atoms with van der Waals surface area (Å²) < 4.78 is 15.0. The van der Waals surface area contributed by atoms with Crippen LogP contribution in [0.3, 0.4) is 0 Å². The molecule has 0 unspecified atom stereocenters. The normalized spacial score (nSPS) is 10.9. The highest BCUT2D eigenvalue weighted by atomic mass is 16.8. The van der Waals surface area contributed by atoms with E-state index in [1.807, 2.05) is 0 Å². The van der Waals surface area contributed by atoms with E-state index in [-0.39, 0.29) is 5.75 Å². The Balaban J connectivity index is 1.85. The minimum absolute atomic E-state index is 0.0515. The highest BCUT2D eigenvalue weighted by Crippen LogP contribution is 2.31. The number of rotatable bonds is 6. The zero-order valence-corrected chi connectivity index (χ0v) is 15.0. The van der Waals surface area contributed by atoms with Gasteiger partial charge in [-0.3, -0.25) is 10.1 Å². The minimum atomic E-state index is 0.0515. The van der Waals surface area contributed by atoms with E-state index in [0.29, 0.717) is 39.0 Å². The Morgan fingerprint density at radius 2 is 1.96 bits per heavy atom. The van der Waals surface area contributed by atoms with Gasteiger partial charge in [-0.05, 0) is 46.9 Å². The number of aromatic nitrogens is 2. The number of methoxy groups -OCH3 is 2. The zero-order chi connectivity index (χ0) is 19.4. The third-order valence-electron chi connectivity index (χ3n) is 3.90. The van der Waals surface area contributed by atoms with Gasteiger partial charge in [0.25, 0.3) is 5.69 Å². The molecule has 0 bridgehead atoms. The molecule has 9 nitrogen and oxygen atoms in total. The lowest BCUT2D eigenvalue weighted by molar-refractivity contribution is -0.806. The van der Waals surface area contributed by atoms with E-state index >= 15 is 0 Å². The van der Waals surface area contributed by atoms with Crippen molar-refractivity contribution in [1.82, 2.24) is 5.16 Å². The molecule has 0 fully saturated rings. The lowest BCUT2D eigenvalue weighted by Gasteiger charge is -2.08. The van der Waals surface area contributed by atoms with Gasteiger partial charge in [-0.15, -0.1) is 0 Å². The smallest absolute Gasteiger partial charge is 0.251 e. The number of anilines is 1. The highest BCUT2D eigenvalue weighted by Gasteiger charge is 2.18. The maximum absolute atomic E-state index is 11.4. The largest absolute Gasteiger partial charge is 0.504 e. The number of nitrogens with one attached hydrogen (secondary N) is 1. The molecule has 140 valence electrons. The highest BCUT2D eigenvalue weighted by molar-refractivity contribution is 5.82. The second-order valence-corrected chi connectivity index (χ2v) is 5.58. The van der Waals surface area contributed by atoms with Gasteiger partial charge >= 0.3 is 0 Å². The molecule has 1 heterocycles. The van der Waals surface area contributed by atoms with Gasteiger partial charge in [-0.2, -0.15) is 5.10 Å². The van der Waals surface area contributed by atoms with E-state index in [4.69, 9.17) is 9.47 Å². The number of hydrogen-bond donors (Lipinski definition) is 2. The summed E-state index contributed by atoms with van der Waals surface area (Å²) in [6.45, 7) is 1.62. The van der Waals surface area contributed by atoms with Gasteiger partial charge in [0.15, 0.2) is 11.5 Å². The molecule has 0 aliphatic carbocycles. The topological polar surface area (TPSA) is 116 Å². The van der Waals surface area contributed by atoms with E-state index < -0.39 is 0 Å². The van der Waals surface area contributed by atoms with Crippen LogP contribution in [0.25, 0.3) is 11.3 Å². The molecule has 0 saturated carbocycles. The van der Waals surface area contributed by atoms with Crippen LogP contribution in [0, 0.1) is 12.1 Å². The molecular weight excluding hydrogens is 352 g/mol. The molecule has 3 aromatic rings. The van der Waals surface area contributed by atoms with Gasteiger partial charge in [0.05, 0.1) is 26.1 Å². The number of phenolic OH excluding ortho intramolecular Hbond substituents is 1. The average molecular weight is 370 g/mol. The molecule has 0 amide bonds. The van der Waals surface area contributed by atoms with Crippen molar-refractivity contribution in [2.24, 2.45) is 5.10 Å². The number of hydrogen-bond acceptors (Lipinski definition) is 8. The van der Waals surface area contributed by atoms with Gasteiger partial charge < -0.3 is 19.8 Å². The fourth-order valence-corrected chi connectivity index (χ4v) is 2.45. The molecule has 0 aliphatic rings. The van der Waals surface area contributed by atoms with Crippen molar-refractivity contribution in [3.8, 4) is 28.5 Å². The number of hydrazone groups is 1. The Hall–Kier alpha value is -3.75. The van der Waals surface area contributed by atoms with Crippen molar-refractivity contribution in [2.45, 2.75) is 6.92 Å². The summed E-state index contributed by atoms with van der Waals surface area (Å²) in [5, 5.41) is 29.0. The van der Waals surface area contributed by atoms with E-state index in [1.54, 1.807) is 50.6 Å². The predicted octanol–water partition coefficient (Wildman–Crippen LogP) is 2.45. The van der Waals surface area contributed by atoms with Crippen molar-refractivity contribution < 1.29 is 24.1 Å². The van der Waals surface area contributed by atoms with Crippen LogP contribution >= 0.6 is 0 Å². The van der Waals surface area contributed by atoms with Crippen LogP contribution in [0.5, 0.6) is 17.2 Å². The molecule has 1 aromatic heterocycles. The number of aromatic hydroxyl groups is 1. The van der Waals surface area contributed by atoms with Crippen LogP contribution in [0.4, 0.5) is 5.69 Å². The van der Waals surface area contributed by atoms with Crippen LogP contribution < -0.4 is 19.8 Å². The van der Waals surface area contributed by atoms with E-state index in [1.165, 1.54) is 13.2 Å². The molecule has 3 rings (SSSR count). The molecule has 2 aromatic carbocycles. The summed E-state index contributed by atoms with van der Waals surface area (Å²) in [6.07, 6.45) is 1.57. The fourth-order valence-electron chi connectivity index (χ4n) is 2.45. The molecule has 0 radical (unpaired) electrons. The van der Waals surface area contributed by atoms with Crippen LogP contribution in [-0.2, 0) is 0 Å². The maximum Gasteiger partial charge on any atom is 0.251 e. The van der Waals surface area contributed by atoms with Crippen molar-refractivity contribution in [2.75, 3.05) is 19.6 Å². The molecule has 9 heteroatoms. The lowest BCUT2D eigenvalue weighted by atomic mass is 10.1. The zero-order valence-electron chi connectivity index (χ0n) is 15.0. The number of ether oxygens (including phenoxy) is 2. The van der Waals surface area contributed by atoms with Gasteiger partial charge in [0.2, 0.25) is 5.69 Å². The molecular formula is C18H18N4O5. The van der Waals surface area contributed by atoms with Crippen molar-refractivity contribution in [3.05, 3.63) is 52.9 Å². The van der Waals surface area contributed by atoms with Crippen molar-refractivity contribution in [1.29, 1.82) is 0 Å². The number of benzene rings is 2. The van der Waals surface area contributed by atoms with Crippen molar-refractivity contribution in [3.63, 3.8) is 0 Å². The van der Waals surface area contributed by atoms with Crippen LogP contribution in [0.15, 0.2) is 46.1 Å². The second kappa shape index (κ2) is 7.65. The second-order valence-electron chi connectivity index (χ2n) is 5.58. The summed E-state index contributed by atoms with van der Waals surface area (Å²) >= 11 is 0. The quantitative estimate of drug-likeness (QED) is 0.389. The Morgan fingerprint density at radius 3 is 2.63 bits per heavy atom. The predicted molar refractivity (Wildman–Crippen MR) is 98.1 cm³/mol. The summed E-state index contributed by atoms with van der Waals surface area (Å²) in [7, 11) is 3.02. The molecule has 0 saturated heterocycles. The van der Waals surface area contributed by atoms with Gasteiger partial charge in [-0.1, -0.05) is 0 Å². The maximum atomic E-state index is 11.4. The Morgan fingerprint density at radius 1 is 1.19 bits per heavy atom. The summed E-state index contributed by atoms with van der Waals surface area (Å²) in [6, 6.07) is 10.1. The Labute approximate surface area is 155 Å². The van der Waals surface area contributed by atoms with Gasteiger partial charge in [0.1, 0.15) is 5.75 Å². The van der Waals surface area contributed by atoms with E-state index in [0.717, 1.165) is 5.56 Å². The Bertz CT molecular complexity index is 984. The monoisotopic (exact) mass is 370 g/mol. The molecule has 2 N–H and O–H groups in total. The summed E-state index contributed by atoms with van der Waals surface area (Å²) in [4.78, 5) is 0.350.